The lowest BCUT2D eigenvalue weighted by Gasteiger charge is -2.31. The van der Waals surface area contributed by atoms with Crippen LogP contribution in [0.4, 0.5) is 0 Å². The van der Waals surface area contributed by atoms with Crippen molar-refractivity contribution in [2.45, 2.75) is 5.41 Å². The van der Waals surface area contributed by atoms with E-state index in [1.54, 1.807) is 0 Å². The SMILES string of the molecule is c1ccc2c(c1)-c1ccccc1C21c2cc(-c3c4ccccc4cc4c3ccc3ccccc34)ccc2-c2cc3cccc(-c4ccc5oc6ccccc6c5c4)c3cc21. The molecule has 0 bridgehead atoms. The average Bonchev–Trinajstić information content (AvgIpc) is 3.93. The Balaban J connectivity index is 1.08. The highest BCUT2D eigenvalue weighted by Gasteiger charge is 2.52. The standard InChI is InChI=1S/C59H34O/c1-3-15-40-35(12-1)24-28-47-49(40)30-36-13-2-4-16-42(36)58(47)39-25-27-45-50-31-37-14-11-20-41(38-26-29-57-51(32-38)46-19-7-10-23-56(46)60-57)48(37)34-55(50)59(54(45)33-39)52-21-8-5-17-43(52)44-18-6-9-22-53(44)59/h1-34H. The van der Waals surface area contributed by atoms with Crippen LogP contribution in [0.25, 0.3) is 110 Å². The van der Waals surface area contributed by atoms with Gasteiger partial charge in [0, 0.05) is 10.8 Å². The molecule has 0 aliphatic heterocycles. The van der Waals surface area contributed by atoms with Crippen LogP contribution in [0, 0.1) is 0 Å². The Morgan fingerprint density at radius 2 is 0.883 bits per heavy atom. The number of benzene rings is 11. The summed E-state index contributed by atoms with van der Waals surface area (Å²) in [5.74, 6) is 0. The van der Waals surface area contributed by atoms with Gasteiger partial charge in [-0.15, -0.1) is 0 Å². The minimum atomic E-state index is -0.507. The van der Waals surface area contributed by atoms with Crippen LogP contribution in [0.15, 0.2) is 211 Å². The van der Waals surface area contributed by atoms with Gasteiger partial charge in [-0.25, -0.2) is 0 Å². The van der Waals surface area contributed by atoms with Crippen LogP contribution in [0.5, 0.6) is 0 Å². The highest BCUT2D eigenvalue weighted by Crippen LogP contribution is 2.64. The molecule has 0 saturated carbocycles. The lowest BCUT2D eigenvalue weighted by molar-refractivity contribution is 0.669. The van der Waals surface area contributed by atoms with E-state index < -0.39 is 5.41 Å². The van der Waals surface area contributed by atoms with E-state index in [1.807, 2.05) is 6.07 Å². The largest absolute Gasteiger partial charge is 0.456 e. The van der Waals surface area contributed by atoms with Gasteiger partial charge in [-0.05, 0) is 152 Å². The van der Waals surface area contributed by atoms with E-state index in [0.717, 1.165) is 21.9 Å². The minimum Gasteiger partial charge on any atom is -0.456 e. The van der Waals surface area contributed by atoms with Gasteiger partial charge in [0.1, 0.15) is 11.2 Å². The molecule has 0 amide bonds. The maximum atomic E-state index is 6.26. The maximum Gasteiger partial charge on any atom is 0.135 e. The maximum absolute atomic E-state index is 6.26. The van der Waals surface area contributed by atoms with Crippen LogP contribution in [-0.4, -0.2) is 0 Å². The van der Waals surface area contributed by atoms with Gasteiger partial charge >= 0.3 is 0 Å². The summed E-state index contributed by atoms with van der Waals surface area (Å²) in [6.07, 6.45) is 0. The van der Waals surface area contributed by atoms with Crippen molar-refractivity contribution < 1.29 is 4.42 Å². The molecular weight excluding hydrogens is 725 g/mol. The predicted octanol–water partition coefficient (Wildman–Crippen LogP) is 15.9. The molecule has 11 aromatic carbocycles. The van der Waals surface area contributed by atoms with Crippen LogP contribution in [0.3, 0.4) is 0 Å². The van der Waals surface area contributed by atoms with Gasteiger partial charge in [-0.3, -0.25) is 0 Å². The molecule has 1 heteroatoms. The third-order valence-electron chi connectivity index (χ3n) is 13.8. The summed E-state index contributed by atoms with van der Waals surface area (Å²) >= 11 is 0. The number of para-hydroxylation sites is 1. The molecule has 2 aliphatic carbocycles. The number of hydrogen-bond acceptors (Lipinski definition) is 1. The molecule has 276 valence electrons. The van der Waals surface area contributed by atoms with E-state index in [1.165, 1.54) is 110 Å². The zero-order chi connectivity index (χ0) is 39.1. The summed E-state index contributed by atoms with van der Waals surface area (Å²) in [4.78, 5) is 0. The normalized spacial score (nSPS) is 13.5. The van der Waals surface area contributed by atoms with Crippen LogP contribution in [0.1, 0.15) is 22.3 Å². The van der Waals surface area contributed by atoms with Crippen molar-refractivity contribution in [3.05, 3.63) is 229 Å². The first-order valence-corrected chi connectivity index (χ1v) is 20.9. The highest BCUT2D eigenvalue weighted by molar-refractivity contribution is 6.20. The fourth-order valence-corrected chi connectivity index (χ4v) is 11.3. The Kier molecular flexibility index (Phi) is 6.28. The molecule has 1 spiro atoms. The molecular formula is C59H34O. The molecule has 0 radical (unpaired) electrons. The second-order valence-electron chi connectivity index (χ2n) is 16.7. The van der Waals surface area contributed by atoms with Crippen molar-refractivity contribution in [1.82, 2.24) is 0 Å². The fourth-order valence-electron chi connectivity index (χ4n) is 11.3. The quantitative estimate of drug-likeness (QED) is 0.126. The molecule has 0 N–H and O–H groups in total. The number of hydrogen-bond donors (Lipinski definition) is 0. The second-order valence-corrected chi connectivity index (χ2v) is 16.7. The molecule has 60 heavy (non-hydrogen) atoms. The Morgan fingerprint density at radius 3 is 1.73 bits per heavy atom. The van der Waals surface area contributed by atoms with E-state index in [-0.39, 0.29) is 0 Å². The van der Waals surface area contributed by atoms with Gasteiger partial charge in [0.25, 0.3) is 0 Å². The van der Waals surface area contributed by atoms with Crippen LogP contribution < -0.4 is 0 Å². The first-order chi connectivity index (χ1) is 29.7. The van der Waals surface area contributed by atoms with Crippen molar-refractivity contribution in [3.8, 4) is 44.5 Å². The number of furan rings is 1. The first kappa shape index (κ1) is 32.2. The molecule has 1 aromatic heterocycles. The zero-order valence-corrected chi connectivity index (χ0v) is 32.5. The molecule has 0 fully saturated rings. The van der Waals surface area contributed by atoms with Crippen LogP contribution in [-0.2, 0) is 5.41 Å². The van der Waals surface area contributed by atoms with Gasteiger partial charge in [0.15, 0.2) is 0 Å². The Bertz CT molecular complexity index is 3800. The third kappa shape index (κ3) is 4.11. The van der Waals surface area contributed by atoms with Gasteiger partial charge in [0.05, 0.1) is 5.41 Å². The van der Waals surface area contributed by atoms with Crippen molar-refractivity contribution >= 4 is 65.0 Å². The molecule has 2 aliphatic rings. The summed E-state index contributed by atoms with van der Waals surface area (Å²) in [6.45, 7) is 0. The first-order valence-electron chi connectivity index (χ1n) is 20.9. The minimum absolute atomic E-state index is 0.507. The smallest absolute Gasteiger partial charge is 0.135 e. The monoisotopic (exact) mass is 758 g/mol. The van der Waals surface area contributed by atoms with E-state index in [9.17, 15) is 0 Å². The van der Waals surface area contributed by atoms with E-state index in [4.69, 9.17) is 4.42 Å². The summed E-state index contributed by atoms with van der Waals surface area (Å²) in [5.41, 5.74) is 16.9. The second kappa shape index (κ2) is 11.7. The van der Waals surface area contributed by atoms with E-state index >= 15 is 0 Å². The number of fused-ring (bicyclic) bond motifs is 18. The van der Waals surface area contributed by atoms with Crippen molar-refractivity contribution in [2.24, 2.45) is 0 Å². The molecule has 14 rings (SSSR count). The van der Waals surface area contributed by atoms with Gasteiger partial charge < -0.3 is 4.42 Å². The summed E-state index contributed by atoms with van der Waals surface area (Å²) in [5, 5.41) is 12.4. The third-order valence-corrected chi connectivity index (χ3v) is 13.8. The Hall–Kier alpha value is -7.74. The van der Waals surface area contributed by atoms with Gasteiger partial charge in [0.2, 0.25) is 0 Å². The highest BCUT2D eigenvalue weighted by atomic mass is 16.3. The number of rotatable bonds is 2. The lowest BCUT2D eigenvalue weighted by Crippen LogP contribution is -2.26. The summed E-state index contributed by atoms with van der Waals surface area (Å²) in [7, 11) is 0. The summed E-state index contributed by atoms with van der Waals surface area (Å²) in [6, 6.07) is 77.2. The van der Waals surface area contributed by atoms with E-state index in [2.05, 4.69) is 200 Å². The van der Waals surface area contributed by atoms with Gasteiger partial charge in [-0.2, -0.15) is 0 Å². The van der Waals surface area contributed by atoms with Crippen molar-refractivity contribution in [3.63, 3.8) is 0 Å². The molecule has 1 nitrogen and oxygen atoms in total. The Morgan fingerprint density at radius 1 is 0.267 bits per heavy atom. The summed E-state index contributed by atoms with van der Waals surface area (Å²) < 4.78 is 6.26. The predicted molar refractivity (Wildman–Crippen MR) is 251 cm³/mol. The fraction of sp³-hybridized carbons (Fsp3) is 0.0169. The molecule has 1 heterocycles. The lowest BCUT2D eigenvalue weighted by atomic mass is 9.70. The molecule has 0 atom stereocenters. The molecule has 12 aromatic rings. The molecule has 0 saturated heterocycles. The molecule has 0 unspecified atom stereocenters. The topological polar surface area (TPSA) is 13.1 Å². The average molecular weight is 759 g/mol. The van der Waals surface area contributed by atoms with E-state index in [0.29, 0.717) is 0 Å². The zero-order valence-electron chi connectivity index (χ0n) is 32.5. The van der Waals surface area contributed by atoms with Crippen LogP contribution in [0.2, 0.25) is 0 Å². The van der Waals surface area contributed by atoms with Crippen molar-refractivity contribution in [1.29, 1.82) is 0 Å². The van der Waals surface area contributed by atoms with Crippen molar-refractivity contribution in [2.75, 3.05) is 0 Å². The van der Waals surface area contributed by atoms with Crippen LogP contribution >= 0.6 is 0 Å². The Labute approximate surface area is 346 Å². The van der Waals surface area contributed by atoms with Gasteiger partial charge in [-0.1, -0.05) is 164 Å².